The summed E-state index contributed by atoms with van der Waals surface area (Å²) in [5.41, 5.74) is 4.47. The number of hydrogen-bond donors (Lipinski definition) is 2. The zero-order valence-electron chi connectivity index (χ0n) is 19.1. The van der Waals surface area contributed by atoms with Gasteiger partial charge in [0.15, 0.2) is 0 Å². The van der Waals surface area contributed by atoms with E-state index in [1.807, 2.05) is 18.2 Å². The van der Waals surface area contributed by atoms with Crippen molar-refractivity contribution in [3.63, 3.8) is 0 Å². The van der Waals surface area contributed by atoms with Crippen molar-refractivity contribution >= 4 is 17.7 Å². The number of aryl methyl sites for hydroxylation is 1. The van der Waals surface area contributed by atoms with Crippen LogP contribution in [-0.4, -0.2) is 25.5 Å². The molecule has 1 fully saturated rings. The van der Waals surface area contributed by atoms with E-state index in [2.05, 4.69) is 55.0 Å². The molecule has 1 aliphatic rings. The van der Waals surface area contributed by atoms with Gasteiger partial charge < -0.3 is 15.5 Å². The van der Waals surface area contributed by atoms with Gasteiger partial charge in [-0.15, -0.1) is 0 Å². The average molecular weight is 424 g/mol. The number of hydrogen-bond acceptors (Lipinski definition) is 5. The van der Waals surface area contributed by atoms with Gasteiger partial charge in [0.2, 0.25) is 0 Å². The lowest BCUT2D eigenvalue weighted by atomic mass is 9.93. The summed E-state index contributed by atoms with van der Waals surface area (Å²) >= 11 is 0. The summed E-state index contributed by atoms with van der Waals surface area (Å²) in [7, 11) is 0. The van der Waals surface area contributed by atoms with E-state index in [0.717, 1.165) is 30.0 Å². The predicted molar refractivity (Wildman–Crippen MR) is 131 cm³/mol. The van der Waals surface area contributed by atoms with Gasteiger partial charge in [-0.25, -0.2) is 5.84 Å². The summed E-state index contributed by atoms with van der Waals surface area (Å²) in [5.74, 6) is 12.9. The number of rotatable bonds is 9. The van der Waals surface area contributed by atoms with Gasteiger partial charge in [0.25, 0.3) is 0 Å². The van der Waals surface area contributed by atoms with Gasteiger partial charge in [0, 0.05) is 30.8 Å². The molecule has 1 aliphatic heterocycles. The van der Waals surface area contributed by atoms with Crippen LogP contribution in [0.1, 0.15) is 50.7 Å². The van der Waals surface area contributed by atoms with Gasteiger partial charge in [-0.1, -0.05) is 32.0 Å². The quantitative estimate of drug-likeness (QED) is 0.267. The fourth-order valence-electron chi connectivity index (χ4n) is 4.49. The highest BCUT2D eigenvalue weighted by Gasteiger charge is 2.24. The largest absolute Gasteiger partial charge is 0.493 e. The average Bonchev–Trinajstić information content (AvgIpc) is 2.74. The molecule has 0 radical (unpaired) electrons. The summed E-state index contributed by atoms with van der Waals surface area (Å²) in [4.78, 5) is 2.59. The van der Waals surface area contributed by atoms with Crippen LogP contribution in [0, 0.1) is 12.8 Å². The molecule has 2 aromatic carbocycles. The topological polar surface area (TPSA) is 80.1 Å². The monoisotopic (exact) mass is 423 g/mol. The summed E-state index contributed by atoms with van der Waals surface area (Å²) < 4.78 is 6.19. The van der Waals surface area contributed by atoms with E-state index in [0.29, 0.717) is 18.6 Å². The summed E-state index contributed by atoms with van der Waals surface area (Å²) in [6.45, 7) is 8.48. The minimum Gasteiger partial charge on any atom is -0.493 e. The van der Waals surface area contributed by atoms with E-state index >= 15 is 0 Å². The SMILES string of the molecule is Cc1cc(OCCc2ccccc2N(N)/C=N\N)cc(N2CCCCC2CC(C)C)c1. The van der Waals surface area contributed by atoms with Crippen LogP contribution in [0.5, 0.6) is 5.75 Å². The molecule has 0 amide bonds. The number of piperidine rings is 1. The van der Waals surface area contributed by atoms with Crippen LogP contribution in [0.15, 0.2) is 47.6 Å². The minimum absolute atomic E-state index is 0.572. The number of anilines is 2. The molecule has 3 rings (SSSR count). The van der Waals surface area contributed by atoms with Crippen LogP contribution in [0.25, 0.3) is 0 Å². The molecular weight excluding hydrogens is 386 g/mol. The molecule has 31 heavy (non-hydrogen) atoms. The third-order valence-electron chi connectivity index (χ3n) is 5.84. The third-order valence-corrected chi connectivity index (χ3v) is 5.84. The van der Waals surface area contributed by atoms with Crippen molar-refractivity contribution in [2.45, 2.75) is 58.9 Å². The Balaban J connectivity index is 1.69. The van der Waals surface area contributed by atoms with Crippen molar-refractivity contribution in [3.8, 4) is 5.75 Å². The molecule has 0 bridgehead atoms. The van der Waals surface area contributed by atoms with Gasteiger partial charge in [-0.05, 0) is 67.9 Å². The summed E-state index contributed by atoms with van der Waals surface area (Å²) in [5, 5.41) is 4.94. The molecule has 6 nitrogen and oxygen atoms in total. The van der Waals surface area contributed by atoms with Crippen molar-refractivity contribution < 1.29 is 4.74 Å². The third kappa shape index (κ3) is 6.37. The van der Waals surface area contributed by atoms with Crippen molar-refractivity contribution in [2.75, 3.05) is 23.1 Å². The minimum atomic E-state index is 0.572. The van der Waals surface area contributed by atoms with E-state index in [1.54, 1.807) is 0 Å². The summed E-state index contributed by atoms with van der Waals surface area (Å²) in [6, 6.07) is 15.2. The highest BCUT2D eigenvalue weighted by Crippen LogP contribution is 2.32. The van der Waals surface area contributed by atoms with Gasteiger partial charge in [-0.2, -0.15) is 5.10 Å². The lowest BCUT2D eigenvalue weighted by Crippen LogP contribution is -2.40. The number of hydrazone groups is 1. The van der Waals surface area contributed by atoms with E-state index in [1.165, 1.54) is 48.3 Å². The first-order valence-corrected chi connectivity index (χ1v) is 11.3. The lowest BCUT2D eigenvalue weighted by molar-refractivity contribution is 0.321. The molecule has 1 saturated heterocycles. The Labute approximate surface area is 186 Å². The molecule has 0 aromatic heterocycles. The lowest BCUT2D eigenvalue weighted by Gasteiger charge is -2.39. The zero-order chi connectivity index (χ0) is 22.2. The van der Waals surface area contributed by atoms with Crippen molar-refractivity contribution in [3.05, 3.63) is 53.6 Å². The molecule has 6 heteroatoms. The number of para-hydroxylation sites is 1. The molecule has 168 valence electrons. The molecule has 0 saturated carbocycles. The molecule has 1 heterocycles. The second-order valence-electron chi connectivity index (χ2n) is 8.88. The van der Waals surface area contributed by atoms with Crippen LogP contribution in [0.4, 0.5) is 11.4 Å². The van der Waals surface area contributed by atoms with Crippen LogP contribution >= 0.6 is 0 Å². The van der Waals surface area contributed by atoms with Gasteiger partial charge in [0.05, 0.1) is 12.3 Å². The molecule has 2 aromatic rings. The first-order valence-electron chi connectivity index (χ1n) is 11.3. The van der Waals surface area contributed by atoms with Gasteiger partial charge >= 0.3 is 0 Å². The number of nitrogens with two attached hydrogens (primary N) is 2. The van der Waals surface area contributed by atoms with Crippen molar-refractivity contribution in [2.24, 2.45) is 22.7 Å². The van der Waals surface area contributed by atoms with E-state index < -0.39 is 0 Å². The maximum atomic E-state index is 6.19. The molecule has 4 N–H and O–H groups in total. The zero-order valence-corrected chi connectivity index (χ0v) is 19.1. The second kappa shape index (κ2) is 11.0. The highest BCUT2D eigenvalue weighted by molar-refractivity contribution is 5.78. The van der Waals surface area contributed by atoms with Crippen LogP contribution in [0.2, 0.25) is 0 Å². The van der Waals surface area contributed by atoms with Gasteiger partial charge in [-0.3, -0.25) is 5.01 Å². The molecule has 0 spiro atoms. The predicted octanol–water partition coefficient (Wildman–Crippen LogP) is 4.60. The number of ether oxygens (including phenoxy) is 1. The van der Waals surface area contributed by atoms with E-state index in [9.17, 15) is 0 Å². The van der Waals surface area contributed by atoms with E-state index in [4.69, 9.17) is 16.4 Å². The number of nitrogens with zero attached hydrogens (tertiary/aromatic N) is 3. The molecule has 0 aliphatic carbocycles. The van der Waals surface area contributed by atoms with Crippen LogP contribution in [0.3, 0.4) is 0 Å². The first-order chi connectivity index (χ1) is 15.0. The maximum absolute atomic E-state index is 6.19. The van der Waals surface area contributed by atoms with Gasteiger partial charge in [0.1, 0.15) is 12.1 Å². The fourth-order valence-corrected chi connectivity index (χ4v) is 4.49. The second-order valence-corrected chi connectivity index (χ2v) is 8.88. The number of hydrazine groups is 1. The Kier molecular flexibility index (Phi) is 8.18. The molecule has 1 unspecified atom stereocenters. The maximum Gasteiger partial charge on any atom is 0.129 e. The fraction of sp³-hybridized carbons (Fsp3) is 0.480. The Hall–Kier alpha value is -2.73. The normalized spacial score (nSPS) is 16.8. The number of benzene rings is 2. The first kappa shape index (κ1) is 22.9. The summed E-state index contributed by atoms with van der Waals surface area (Å²) in [6.07, 6.45) is 7.25. The molecule has 1 atom stereocenters. The Bertz CT molecular complexity index is 867. The Morgan fingerprint density at radius 1 is 1.23 bits per heavy atom. The van der Waals surface area contributed by atoms with Crippen LogP contribution < -0.4 is 26.3 Å². The van der Waals surface area contributed by atoms with Crippen molar-refractivity contribution in [1.82, 2.24) is 0 Å². The smallest absolute Gasteiger partial charge is 0.129 e. The van der Waals surface area contributed by atoms with E-state index in [-0.39, 0.29) is 0 Å². The van der Waals surface area contributed by atoms with Crippen molar-refractivity contribution in [1.29, 1.82) is 0 Å². The molecular formula is C25H37N5O. The Morgan fingerprint density at radius 3 is 2.81 bits per heavy atom. The highest BCUT2D eigenvalue weighted by atomic mass is 16.5. The van der Waals surface area contributed by atoms with Crippen LogP contribution in [-0.2, 0) is 6.42 Å². The Morgan fingerprint density at radius 2 is 2.03 bits per heavy atom. The standard InChI is InChI=1S/C25H37N5O/c1-19(2)14-22-9-6-7-12-29(22)23-15-20(3)16-24(17-23)31-13-11-21-8-4-5-10-25(21)30(27)18-28-26/h4-5,8,10,15-19,22H,6-7,9,11-14,26-27H2,1-3H3/b28-18-.